The molecule has 1 rings (SSSR count). The summed E-state index contributed by atoms with van der Waals surface area (Å²) in [6, 6.07) is -0.781. The van der Waals surface area contributed by atoms with Crippen LogP contribution in [0.25, 0.3) is 0 Å². The third-order valence-corrected chi connectivity index (χ3v) is 5.54. The Kier molecular flexibility index (Phi) is 12.7. The molecule has 0 aromatic carbocycles. The lowest BCUT2D eigenvalue weighted by Gasteiger charge is -2.29. The number of carbonyl (C=O) groups is 3. The predicted molar refractivity (Wildman–Crippen MR) is 126 cm³/mol. The molecule has 5 atom stereocenters. The lowest BCUT2D eigenvalue weighted by molar-refractivity contribution is -0.151. The van der Waals surface area contributed by atoms with Crippen molar-refractivity contribution in [2.75, 3.05) is 26.8 Å². The number of rotatable bonds is 12. The van der Waals surface area contributed by atoms with E-state index in [1.54, 1.807) is 11.0 Å². The van der Waals surface area contributed by atoms with E-state index in [1.165, 1.54) is 20.1 Å². The fourth-order valence-corrected chi connectivity index (χ4v) is 3.62. The summed E-state index contributed by atoms with van der Waals surface area (Å²) in [5, 5.41) is 33.7. The Morgan fingerprint density at radius 1 is 1.18 bits per heavy atom. The van der Waals surface area contributed by atoms with Gasteiger partial charge in [0.05, 0.1) is 6.61 Å². The van der Waals surface area contributed by atoms with Crippen LogP contribution in [0.3, 0.4) is 0 Å². The van der Waals surface area contributed by atoms with Crippen molar-refractivity contribution < 1.29 is 39.2 Å². The molecular formula is C24H42N2O8. The fraction of sp³-hybridized carbons (Fsp3) is 0.792. The smallest absolute Gasteiger partial charge is 0.302 e. The minimum atomic E-state index is -1.71. The van der Waals surface area contributed by atoms with Gasteiger partial charge in [-0.3, -0.25) is 14.4 Å². The molecule has 1 unspecified atom stereocenters. The first kappa shape index (κ1) is 30.0. The first-order chi connectivity index (χ1) is 15.9. The van der Waals surface area contributed by atoms with Crippen LogP contribution in [0.15, 0.2) is 12.2 Å². The Morgan fingerprint density at radius 2 is 1.85 bits per heavy atom. The Balaban J connectivity index is 2.72. The summed E-state index contributed by atoms with van der Waals surface area (Å²) >= 11 is 0. The van der Waals surface area contributed by atoms with E-state index in [0.29, 0.717) is 39.0 Å². The van der Waals surface area contributed by atoms with Gasteiger partial charge >= 0.3 is 5.97 Å². The van der Waals surface area contributed by atoms with E-state index in [9.17, 15) is 29.7 Å². The van der Waals surface area contributed by atoms with E-state index in [-0.39, 0.29) is 17.3 Å². The summed E-state index contributed by atoms with van der Waals surface area (Å²) in [5.41, 5.74) is -0.240. The van der Waals surface area contributed by atoms with Crippen molar-refractivity contribution in [3.05, 3.63) is 12.2 Å². The zero-order chi connectivity index (χ0) is 25.9. The molecule has 34 heavy (non-hydrogen) atoms. The number of aliphatic hydroxyl groups excluding tert-OH is 3. The number of allylic oxidation sites excluding steroid dienone is 1. The SMILES string of the molecule is CO[C@@H](C(=O)NC1CCCCN(CCCCOC(C)=O)C1=O)[C@H](O)[C@@H](O)[C@H](O)/C=C/C(C)(C)C. The third kappa shape index (κ3) is 10.5. The molecule has 1 heterocycles. The summed E-state index contributed by atoms with van der Waals surface area (Å²) in [6.07, 6.45) is 0.0861. The van der Waals surface area contributed by atoms with E-state index in [2.05, 4.69) is 5.32 Å². The van der Waals surface area contributed by atoms with Crippen molar-refractivity contribution in [2.45, 2.75) is 90.3 Å². The van der Waals surface area contributed by atoms with Crippen LogP contribution in [0.2, 0.25) is 0 Å². The van der Waals surface area contributed by atoms with Crippen molar-refractivity contribution in [1.29, 1.82) is 0 Å². The maximum atomic E-state index is 13.0. The van der Waals surface area contributed by atoms with Gasteiger partial charge in [-0.05, 0) is 37.5 Å². The summed E-state index contributed by atoms with van der Waals surface area (Å²) in [5.74, 6) is -1.31. The van der Waals surface area contributed by atoms with E-state index in [0.717, 1.165) is 12.8 Å². The lowest BCUT2D eigenvalue weighted by Crippen LogP contribution is -2.55. The second-order valence-electron chi connectivity index (χ2n) is 9.78. The first-order valence-corrected chi connectivity index (χ1v) is 11.9. The van der Waals surface area contributed by atoms with Gasteiger partial charge in [0.15, 0.2) is 6.10 Å². The number of amides is 2. The van der Waals surface area contributed by atoms with Gasteiger partial charge in [-0.2, -0.15) is 0 Å². The molecule has 0 radical (unpaired) electrons. The van der Waals surface area contributed by atoms with Gasteiger partial charge in [0.1, 0.15) is 24.4 Å². The molecule has 0 spiro atoms. The van der Waals surface area contributed by atoms with Crippen LogP contribution in [-0.2, 0) is 23.9 Å². The first-order valence-electron chi connectivity index (χ1n) is 11.9. The highest BCUT2D eigenvalue weighted by atomic mass is 16.5. The van der Waals surface area contributed by atoms with Crippen LogP contribution in [-0.4, -0.2) is 95.3 Å². The van der Waals surface area contributed by atoms with Crippen LogP contribution in [0.5, 0.6) is 0 Å². The fourth-order valence-electron chi connectivity index (χ4n) is 3.62. The van der Waals surface area contributed by atoms with Crippen LogP contribution < -0.4 is 5.32 Å². The minimum absolute atomic E-state index is 0.226. The molecule has 0 aromatic heterocycles. The molecule has 10 nitrogen and oxygen atoms in total. The van der Waals surface area contributed by atoms with Crippen molar-refractivity contribution in [3.63, 3.8) is 0 Å². The number of ether oxygens (including phenoxy) is 2. The van der Waals surface area contributed by atoms with Gasteiger partial charge in [0, 0.05) is 27.1 Å². The number of carbonyl (C=O) groups excluding carboxylic acids is 3. The molecule has 10 heteroatoms. The number of nitrogens with zero attached hydrogens (tertiary/aromatic N) is 1. The van der Waals surface area contributed by atoms with Gasteiger partial charge in [0.2, 0.25) is 5.91 Å². The van der Waals surface area contributed by atoms with E-state index < -0.39 is 36.4 Å². The monoisotopic (exact) mass is 486 g/mol. The second-order valence-corrected chi connectivity index (χ2v) is 9.78. The molecule has 4 N–H and O–H groups in total. The molecule has 1 saturated heterocycles. The third-order valence-electron chi connectivity index (χ3n) is 5.54. The molecule has 1 fully saturated rings. The summed E-state index contributed by atoms with van der Waals surface area (Å²) < 4.78 is 10.0. The van der Waals surface area contributed by atoms with Crippen molar-refractivity contribution in [1.82, 2.24) is 10.2 Å². The summed E-state index contributed by atoms with van der Waals surface area (Å²) in [6.45, 7) is 8.43. The standard InChI is InChI=1S/C24H42N2O8/c1-16(27)34-15-9-8-14-26-13-7-6-10-17(23(26)32)25-22(31)21(33-5)20(30)19(29)18(28)11-12-24(2,3)4/h11-12,17-21,28-30H,6-10,13-15H2,1-5H3,(H,25,31)/b12-11+/t17?,18-,19+,20-,21-/m1/s1. The second kappa shape index (κ2) is 14.4. The van der Waals surface area contributed by atoms with E-state index in [4.69, 9.17) is 9.47 Å². The normalized spacial score (nSPS) is 21.0. The molecule has 0 bridgehead atoms. The molecule has 0 aromatic rings. The number of methoxy groups -OCH3 is 1. The van der Waals surface area contributed by atoms with Crippen LogP contribution in [0.1, 0.15) is 59.8 Å². The zero-order valence-corrected chi connectivity index (χ0v) is 21.0. The van der Waals surface area contributed by atoms with Gasteiger partial charge in [0.25, 0.3) is 5.91 Å². The van der Waals surface area contributed by atoms with Crippen LogP contribution >= 0.6 is 0 Å². The quantitative estimate of drug-likeness (QED) is 0.178. The van der Waals surface area contributed by atoms with E-state index >= 15 is 0 Å². The average Bonchev–Trinajstić information content (AvgIpc) is 2.92. The molecule has 0 saturated carbocycles. The molecule has 2 amide bonds. The van der Waals surface area contributed by atoms with Crippen molar-refractivity contribution >= 4 is 17.8 Å². The van der Waals surface area contributed by atoms with E-state index in [1.807, 2.05) is 20.8 Å². The van der Waals surface area contributed by atoms with Crippen LogP contribution in [0, 0.1) is 5.41 Å². The predicted octanol–water partition coefficient (Wildman–Crippen LogP) is 0.527. The molecular weight excluding hydrogens is 444 g/mol. The maximum Gasteiger partial charge on any atom is 0.302 e. The maximum absolute atomic E-state index is 13.0. The zero-order valence-electron chi connectivity index (χ0n) is 21.0. The number of unbranched alkanes of at least 4 members (excludes halogenated alkanes) is 1. The van der Waals surface area contributed by atoms with Gasteiger partial charge < -0.3 is 35.0 Å². The average molecular weight is 487 g/mol. The number of hydrogen-bond acceptors (Lipinski definition) is 8. The number of hydrogen-bond donors (Lipinski definition) is 4. The topological polar surface area (TPSA) is 146 Å². The number of nitrogens with one attached hydrogen (secondary N) is 1. The molecule has 196 valence electrons. The minimum Gasteiger partial charge on any atom is -0.466 e. The molecule has 0 aliphatic carbocycles. The van der Waals surface area contributed by atoms with Gasteiger partial charge in [-0.1, -0.05) is 32.9 Å². The Bertz CT molecular complexity index is 691. The van der Waals surface area contributed by atoms with Gasteiger partial charge in [-0.25, -0.2) is 0 Å². The number of aliphatic hydroxyl groups is 3. The van der Waals surface area contributed by atoms with Gasteiger partial charge in [-0.15, -0.1) is 0 Å². The Labute approximate surface area is 202 Å². The summed E-state index contributed by atoms with van der Waals surface area (Å²) in [7, 11) is 1.21. The molecule has 1 aliphatic rings. The van der Waals surface area contributed by atoms with Crippen LogP contribution in [0.4, 0.5) is 0 Å². The largest absolute Gasteiger partial charge is 0.466 e. The highest BCUT2D eigenvalue weighted by molar-refractivity contribution is 5.89. The van der Waals surface area contributed by atoms with Crippen molar-refractivity contribution in [3.8, 4) is 0 Å². The highest BCUT2D eigenvalue weighted by Gasteiger charge is 2.37. The van der Waals surface area contributed by atoms with Crippen molar-refractivity contribution in [2.24, 2.45) is 5.41 Å². The summed E-state index contributed by atoms with van der Waals surface area (Å²) in [4.78, 5) is 38.3. The number of esters is 1. The Morgan fingerprint density at radius 3 is 2.44 bits per heavy atom. The highest BCUT2D eigenvalue weighted by Crippen LogP contribution is 2.18. The lowest BCUT2D eigenvalue weighted by atomic mass is 9.94. The molecule has 1 aliphatic heterocycles. The Hall–Kier alpha value is -2.01. The number of likely N-dealkylation sites (tertiary alicyclic amines) is 1.